The van der Waals surface area contributed by atoms with Crippen molar-refractivity contribution in [1.82, 2.24) is 24.5 Å². The topological polar surface area (TPSA) is 121 Å². The Hall–Kier alpha value is -3.27. The Labute approximate surface area is 152 Å². The van der Waals surface area contributed by atoms with E-state index in [1.807, 2.05) is 12.1 Å². The molecule has 1 aromatic carbocycles. The molecule has 0 atom stereocenters. The van der Waals surface area contributed by atoms with E-state index < -0.39 is 4.92 Å². The van der Waals surface area contributed by atoms with E-state index in [1.54, 1.807) is 16.8 Å². The number of halogens is 1. The number of aryl methyl sites for hydroxylation is 1. The molecule has 134 valence electrons. The van der Waals surface area contributed by atoms with Crippen LogP contribution >= 0.6 is 11.6 Å². The third kappa shape index (κ3) is 4.63. The molecule has 0 radical (unpaired) electrons. The lowest BCUT2D eigenvalue weighted by molar-refractivity contribution is -0.389. The predicted molar refractivity (Wildman–Crippen MR) is 92.7 cm³/mol. The standard InChI is InChI=1S/C15H14ClN7O3/c16-12-3-1-11(2-4-12)9-22-10-17-15(20-22)18-14(24)6-8-21-7-5-13(19-21)23(25)26/h1-5,7,10H,6,8-9H2,(H,18,20,24). The molecule has 1 amide bonds. The van der Waals surface area contributed by atoms with Gasteiger partial charge in [0, 0.05) is 11.4 Å². The van der Waals surface area contributed by atoms with Gasteiger partial charge in [0.25, 0.3) is 0 Å². The summed E-state index contributed by atoms with van der Waals surface area (Å²) in [6, 6.07) is 8.61. The minimum atomic E-state index is -0.589. The molecular weight excluding hydrogens is 362 g/mol. The van der Waals surface area contributed by atoms with Gasteiger partial charge in [-0.2, -0.15) is 4.68 Å². The Morgan fingerprint density at radius 2 is 1.96 bits per heavy atom. The monoisotopic (exact) mass is 375 g/mol. The number of amides is 1. The van der Waals surface area contributed by atoms with Crippen LogP contribution in [-0.4, -0.2) is 35.4 Å². The highest BCUT2D eigenvalue weighted by molar-refractivity contribution is 6.30. The normalized spacial score (nSPS) is 10.7. The number of anilines is 1. The number of rotatable bonds is 7. The van der Waals surface area contributed by atoms with Crippen LogP contribution in [-0.2, 0) is 17.9 Å². The van der Waals surface area contributed by atoms with Gasteiger partial charge in [-0.25, -0.2) is 9.67 Å². The van der Waals surface area contributed by atoms with Crippen LogP contribution in [0.1, 0.15) is 12.0 Å². The Balaban J connectivity index is 1.50. The predicted octanol–water partition coefficient (Wildman–Crippen LogP) is 2.11. The van der Waals surface area contributed by atoms with Gasteiger partial charge in [-0.3, -0.25) is 10.1 Å². The summed E-state index contributed by atoms with van der Waals surface area (Å²) >= 11 is 5.85. The first kappa shape index (κ1) is 17.5. The van der Waals surface area contributed by atoms with E-state index in [2.05, 4.69) is 20.5 Å². The molecular formula is C15H14ClN7O3. The van der Waals surface area contributed by atoms with Crippen LogP contribution < -0.4 is 5.32 Å². The molecule has 3 aromatic rings. The molecule has 2 heterocycles. The summed E-state index contributed by atoms with van der Waals surface area (Å²) in [5, 5.41) is 21.7. The van der Waals surface area contributed by atoms with Crippen molar-refractivity contribution in [2.24, 2.45) is 0 Å². The first-order valence-electron chi connectivity index (χ1n) is 7.61. The second-order valence-corrected chi connectivity index (χ2v) is 5.82. The summed E-state index contributed by atoms with van der Waals surface area (Å²) in [6.07, 6.45) is 3.05. The molecule has 10 nitrogen and oxygen atoms in total. The molecule has 2 aromatic heterocycles. The number of carbonyl (C=O) groups is 1. The molecule has 1 N–H and O–H groups in total. The third-order valence-electron chi connectivity index (χ3n) is 3.43. The highest BCUT2D eigenvalue weighted by atomic mass is 35.5. The minimum Gasteiger partial charge on any atom is -0.358 e. The van der Waals surface area contributed by atoms with Gasteiger partial charge in [0.2, 0.25) is 11.9 Å². The number of benzene rings is 1. The van der Waals surface area contributed by atoms with Crippen LogP contribution in [0.2, 0.25) is 5.02 Å². The smallest absolute Gasteiger partial charge is 0.358 e. The maximum atomic E-state index is 11.9. The van der Waals surface area contributed by atoms with Crippen molar-refractivity contribution in [3.8, 4) is 0 Å². The van der Waals surface area contributed by atoms with Crippen LogP contribution in [0.5, 0.6) is 0 Å². The zero-order chi connectivity index (χ0) is 18.5. The van der Waals surface area contributed by atoms with E-state index in [-0.39, 0.29) is 30.6 Å². The van der Waals surface area contributed by atoms with Gasteiger partial charge >= 0.3 is 5.82 Å². The molecule has 0 spiro atoms. The lowest BCUT2D eigenvalue weighted by Gasteiger charge is -2.01. The zero-order valence-electron chi connectivity index (χ0n) is 13.4. The lowest BCUT2D eigenvalue weighted by Crippen LogP contribution is -2.16. The zero-order valence-corrected chi connectivity index (χ0v) is 14.2. The van der Waals surface area contributed by atoms with E-state index in [1.165, 1.54) is 23.3 Å². The van der Waals surface area contributed by atoms with E-state index >= 15 is 0 Å². The van der Waals surface area contributed by atoms with E-state index in [4.69, 9.17) is 11.6 Å². The average molecular weight is 376 g/mol. The van der Waals surface area contributed by atoms with Gasteiger partial charge in [0.05, 0.1) is 30.5 Å². The molecule has 0 saturated heterocycles. The Morgan fingerprint density at radius 3 is 2.65 bits per heavy atom. The summed E-state index contributed by atoms with van der Waals surface area (Å²) < 4.78 is 2.93. The van der Waals surface area contributed by atoms with Gasteiger partial charge in [0.1, 0.15) is 6.33 Å². The fourth-order valence-electron chi connectivity index (χ4n) is 2.18. The van der Waals surface area contributed by atoms with E-state index in [0.717, 1.165) is 5.56 Å². The summed E-state index contributed by atoms with van der Waals surface area (Å²) in [4.78, 5) is 26.0. The fourth-order valence-corrected chi connectivity index (χ4v) is 2.31. The summed E-state index contributed by atoms with van der Waals surface area (Å²) in [6.45, 7) is 0.710. The van der Waals surface area contributed by atoms with Crippen molar-refractivity contribution < 1.29 is 9.72 Å². The molecule has 0 aliphatic heterocycles. The molecule has 0 fully saturated rings. The van der Waals surface area contributed by atoms with Crippen molar-refractivity contribution in [2.45, 2.75) is 19.5 Å². The molecule has 11 heteroatoms. The molecule has 0 bridgehead atoms. The van der Waals surface area contributed by atoms with E-state index in [9.17, 15) is 14.9 Å². The Morgan fingerprint density at radius 1 is 1.19 bits per heavy atom. The fraction of sp³-hybridized carbons (Fsp3) is 0.200. The van der Waals surface area contributed by atoms with Gasteiger partial charge < -0.3 is 10.1 Å². The van der Waals surface area contributed by atoms with Crippen molar-refractivity contribution in [1.29, 1.82) is 0 Å². The number of aromatic nitrogens is 5. The molecule has 0 saturated carbocycles. The van der Waals surface area contributed by atoms with Crippen LogP contribution in [0.4, 0.5) is 11.8 Å². The highest BCUT2D eigenvalue weighted by Crippen LogP contribution is 2.11. The Bertz CT molecular complexity index is 919. The van der Waals surface area contributed by atoms with Crippen molar-refractivity contribution in [3.63, 3.8) is 0 Å². The number of nitrogens with zero attached hydrogens (tertiary/aromatic N) is 6. The first-order valence-corrected chi connectivity index (χ1v) is 7.99. The van der Waals surface area contributed by atoms with Gasteiger partial charge in [-0.1, -0.05) is 23.7 Å². The second kappa shape index (κ2) is 7.74. The SMILES string of the molecule is O=C(CCn1ccc([N+](=O)[O-])n1)Nc1ncn(Cc2ccc(Cl)cc2)n1. The number of nitro groups is 1. The summed E-state index contributed by atoms with van der Waals surface area (Å²) in [5.74, 6) is -0.379. The van der Waals surface area contributed by atoms with Gasteiger partial charge in [-0.15, -0.1) is 5.10 Å². The van der Waals surface area contributed by atoms with Crippen molar-refractivity contribution in [3.05, 3.63) is 63.6 Å². The quantitative estimate of drug-likeness (QED) is 0.498. The van der Waals surface area contributed by atoms with E-state index in [0.29, 0.717) is 11.6 Å². The van der Waals surface area contributed by atoms with Gasteiger partial charge in [0.15, 0.2) is 0 Å². The maximum absolute atomic E-state index is 11.9. The summed E-state index contributed by atoms with van der Waals surface area (Å²) in [7, 11) is 0. The third-order valence-corrected chi connectivity index (χ3v) is 3.68. The Kier molecular flexibility index (Phi) is 5.23. The van der Waals surface area contributed by atoms with Crippen molar-refractivity contribution in [2.75, 3.05) is 5.32 Å². The maximum Gasteiger partial charge on any atom is 0.389 e. The number of hydrogen-bond acceptors (Lipinski definition) is 6. The lowest BCUT2D eigenvalue weighted by atomic mass is 10.2. The number of nitrogens with one attached hydrogen (secondary N) is 1. The van der Waals surface area contributed by atoms with Gasteiger partial charge in [-0.05, 0) is 22.6 Å². The highest BCUT2D eigenvalue weighted by Gasteiger charge is 2.12. The number of carbonyl (C=O) groups excluding carboxylic acids is 1. The minimum absolute atomic E-state index is 0.0879. The molecule has 0 aliphatic rings. The second-order valence-electron chi connectivity index (χ2n) is 5.38. The van der Waals surface area contributed by atoms with Crippen molar-refractivity contribution >= 4 is 29.3 Å². The molecule has 0 aliphatic carbocycles. The molecule has 26 heavy (non-hydrogen) atoms. The van der Waals surface area contributed by atoms with Crippen LogP contribution in [0.3, 0.4) is 0 Å². The average Bonchev–Trinajstić information content (AvgIpc) is 3.25. The van der Waals surface area contributed by atoms with Crippen LogP contribution in [0, 0.1) is 10.1 Å². The first-order chi connectivity index (χ1) is 12.5. The van der Waals surface area contributed by atoms with Crippen LogP contribution in [0.15, 0.2) is 42.9 Å². The number of hydrogen-bond donors (Lipinski definition) is 1. The van der Waals surface area contributed by atoms with Crippen LogP contribution in [0.25, 0.3) is 0 Å². The molecule has 3 rings (SSSR count). The summed E-state index contributed by atoms with van der Waals surface area (Å²) in [5.41, 5.74) is 0.998. The molecule has 0 unspecified atom stereocenters. The largest absolute Gasteiger partial charge is 0.389 e.